The zero-order chi connectivity index (χ0) is 12.8. The van der Waals surface area contributed by atoms with Crippen molar-refractivity contribution in [3.63, 3.8) is 0 Å². The first kappa shape index (κ1) is 16.4. The van der Waals surface area contributed by atoms with E-state index in [9.17, 15) is 26.3 Å². The number of hydrogen-bond donors (Lipinski definition) is 0. The van der Waals surface area contributed by atoms with Gasteiger partial charge >= 0.3 is 11.7 Å². The Morgan fingerprint density at radius 1 is 1.00 bits per heavy atom. The minimum Gasteiger partial charge on any atom is -0.293 e. The summed E-state index contributed by atoms with van der Waals surface area (Å²) in [6.45, 7) is -1.36. The van der Waals surface area contributed by atoms with Gasteiger partial charge in [0.25, 0.3) is 0 Å². The van der Waals surface area contributed by atoms with Crippen LogP contribution in [0, 0.1) is 0 Å². The summed E-state index contributed by atoms with van der Waals surface area (Å²) in [7, 11) is 0. The topological polar surface area (TPSA) is 3.24 Å². The number of hydrogen-bond acceptors (Lipinski definition) is 2. The maximum atomic E-state index is 12.0. The van der Waals surface area contributed by atoms with Crippen molar-refractivity contribution < 1.29 is 26.3 Å². The molecule has 0 unspecified atom stereocenters. The van der Waals surface area contributed by atoms with E-state index in [2.05, 4.69) is 15.9 Å². The van der Waals surface area contributed by atoms with Crippen molar-refractivity contribution in [2.45, 2.75) is 11.7 Å². The highest BCUT2D eigenvalue weighted by atomic mass is 79.9. The quantitative estimate of drug-likeness (QED) is 0.540. The van der Waals surface area contributed by atoms with Gasteiger partial charge in [0.05, 0.1) is 6.54 Å². The zero-order valence-electron chi connectivity index (χ0n) is 8.04. The number of nitrogens with zero attached hydrogens (tertiary/aromatic N) is 1. The van der Waals surface area contributed by atoms with Crippen LogP contribution in [0.1, 0.15) is 0 Å². The summed E-state index contributed by atoms with van der Waals surface area (Å²) >= 11 is 2.64. The maximum absolute atomic E-state index is 12.0. The Morgan fingerprint density at radius 3 is 1.94 bits per heavy atom. The molecule has 0 N–H and O–H groups in total. The Balaban J connectivity index is 3.95. The molecule has 0 bridgehead atoms. The van der Waals surface area contributed by atoms with Crippen LogP contribution in [0.4, 0.5) is 26.3 Å². The van der Waals surface area contributed by atoms with E-state index < -0.39 is 24.0 Å². The van der Waals surface area contributed by atoms with Crippen LogP contribution in [0.3, 0.4) is 0 Å². The molecular weight excluding hydrogens is 324 g/mol. The fourth-order valence-corrected chi connectivity index (χ4v) is 2.02. The van der Waals surface area contributed by atoms with Gasteiger partial charge in [0, 0.05) is 24.2 Å². The number of thioether (sulfide) groups is 1. The fourth-order valence-electron chi connectivity index (χ4n) is 0.933. The largest absolute Gasteiger partial charge is 0.441 e. The second-order valence-electron chi connectivity index (χ2n) is 2.87. The Morgan fingerprint density at radius 2 is 1.56 bits per heavy atom. The molecule has 0 spiro atoms. The average molecular weight is 334 g/mol. The molecule has 0 rings (SSSR count). The molecule has 0 aliphatic heterocycles. The highest BCUT2D eigenvalue weighted by Crippen LogP contribution is 2.30. The molecule has 0 saturated carbocycles. The first-order chi connectivity index (χ1) is 7.14. The van der Waals surface area contributed by atoms with Crippen LogP contribution in [0.25, 0.3) is 0 Å². The molecule has 0 heterocycles. The minimum absolute atomic E-state index is 0.0674. The predicted molar refractivity (Wildman–Crippen MR) is 54.8 cm³/mol. The van der Waals surface area contributed by atoms with Gasteiger partial charge in [0.2, 0.25) is 0 Å². The number of alkyl halides is 7. The van der Waals surface area contributed by atoms with E-state index in [-0.39, 0.29) is 24.9 Å². The van der Waals surface area contributed by atoms with Crippen LogP contribution in [0.2, 0.25) is 0 Å². The fraction of sp³-hybridized carbons (Fsp3) is 1.00. The molecule has 0 aliphatic carbocycles. The molecule has 1 nitrogen and oxygen atoms in total. The zero-order valence-corrected chi connectivity index (χ0v) is 10.4. The summed E-state index contributed by atoms with van der Waals surface area (Å²) < 4.78 is 71.2. The van der Waals surface area contributed by atoms with Crippen LogP contribution >= 0.6 is 27.7 Å². The molecule has 9 heteroatoms. The normalized spacial score (nSPS) is 13.5. The van der Waals surface area contributed by atoms with Crippen molar-refractivity contribution >= 4 is 27.7 Å². The summed E-state index contributed by atoms with van der Waals surface area (Å²) in [5.74, 6) is -0.396. The van der Waals surface area contributed by atoms with Crippen LogP contribution < -0.4 is 0 Å². The Kier molecular flexibility index (Phi) is 7.11. The summed E-state index contributed by atoms with van der Waals surface area (Å²) in [4.78, 5) is 0.938. The lowest BCUT2D eigenvalue weighted by atomic mass is 10.4. The third kappa shape index (κ3) is 10.9. The highest BCUT2D eigenvalue weighted by molar-refractivity contribution is 9.09. The standard InChI is InChI=1S/C7H10BrF6NS/c8-1-2-15(5-6(9,10)11)3-4-16-7(12,13)14/h1-5H2. The van der Waals surface area contributed by atoms with Gasteiger partial charge in [-0.2, -0.15) is 26.3 Å². The van der Waals surface area contributed by atoms with Gasteiger partial charge in [-0.25, -0.2) is 0 Å². The Hall–Kier alpha value is 0.370. The summed E-state index contributed by atoms with van der Waals surface area (Å²) in [6, 6.07) is 0. The summed E-state index contributed by atoms with van der Waals surface area (Å²) in [6.07, 6.45) is -4.38. The van der Waals surface area contributed by atoms with E-state index in [1.165, 1.54) is 0 Å². The molecule has 16 heavy (non-hydrogen) atoms. The maximum Gasteiger partial charge on any atom is 0.441 e. The van der Waals surface area contributed by atoms with Gasteiger partial charge < -0.3 is 0 Å². The van der Waals surface area contributed by atoms with Crippen LogP contribution in [0.5, 0.6) is 0 Å². The first-order valence-corrected chi connectivity index (χ1v) is 6.30. The third-order valence-corrected chi connectivity index (χ3v) is 2.55. The molecule has 0 aromatic rings. The smallest absolute Gasteiger partial charge is 0.293 e. The van der Waals surface area contributed by atoms with Crippen molar-refractivity contribution in [1.82, 2.24) is 4.90 Å². The van der Waals surface area contributed by atoms with Crippen molar-refractivity contribution in [1.29, 1.82) is 0 Å². The third-order valence-electron chi connectivity index (χ3n) is 1.48. The van der Waals surface area contributed by atoms with E-state index in [1.807, 2.05) is 0 Å². The van der Waals surface area contributed by atoms with Crippen molar-refractivity contribution in [2.24, 2.45) is 0 Å². The lowest BCUT2D eigenvalue weighted by Gasteiger charge is -2.22. The predicted octanol–water partition coefficient (Wildman–Crippen LogP) is 3.50. The van der Waals surface area contributed by atoms with Gasteiger partial charge in [0.1, 0.15) is 0 Å². The molecule has 0 fully saturated rings. The lowest BCUT2D eigenvalue weighted by molar-refractivity contribution is -0.144. The van der Waals surface area contributed by atoms with E-state index in [1.54, 1.807) is 0 Å². The highest BCUT2D eigenvalue weighted by Gasteiger charge is 2.32. The lowest BCUT2D eigenvalue weighted by Crippen LogP contribution is -2.37. The number of rotatable bonds is 6. The monoisotopic (exact) mass is 333 g/mol. The molecule has 98 valence electrons. The number of halogens is 7. The van der Waals surface area contributed by atoms with Gasteiger partial charge in [-0.3, -0.25) is 4.90 Å². The average Bonchev–Trinajstić information content (AvgIpc) is 1.98. The molecular formula is C7H10BrF6NS. The molecule has 0 atom stereocenters. The van der Waals surface area contributed by atoms with Crippen LogP contribution in [-0.4, -0.2) is 47.3 Å². The first-order valence-electron chi connectivity index (χ1n) is 4.20. The molecule has 0 amide bonds. The second kappa shape index (κ2) is 6.95. The molecule has 0 aromatic carbocycles. The van der Waals surface area contributed by atoms with E-state index in [0.717, 1.165) is 4.90 Å². The van der Waals surface area contributed by atoms with Gasteiger partial charge in [-0.05, 0) is 11.8 Å². The Bertz CT molecular complexity index is 194. The second-order valence-corrected chi connectivity index (χ2v) is 4.83. The molecule has 0 radical (unpaired) electrons. The van der Waals surface area contributed by atoms with Gasteiger partial charge in [-0.15, -0.1) is 0 Å². The van der Waals surface area contributed by atoms with Crippen molar-refractivity contribution in [2.75, 3.05) is 30.7 Å². The van der Waals surface area contributed by atoms with Crippen LogP contribution in [0.15, 0.2) is 0 Å². The van der Waals surface area contributed by atoms with Crippen molar-refractivity contribution in [3.05, 3.63) is 0 Å². The summed E-state index contributed by atoms with van der Waals surface area (Å²) in [5, 5.41) is 0.291. The van der Waals surface area contributed by atoms with Gasteiger partial charge in [0.15, 0.2) is 0 Å². The molecule has 0 aromatic heterocycles. The van der Waals surface area contributed by atoms with Crippen LogP contribution in [-0.2, 0) is 0 Å². The summed E-state index contributed by atoms with van der Waals surface area (Å²) in [5.41, 5.74) is -4.39. The SMILES string of the molecule is FC(F)(F)CN(CCBr)CCSC(F)(F)F. The minimum atomic E-state index is -4.39. The van der Waals surface area contributed by atoms with E-state index >= 15 is 0 Å². The Labute approximate surface area is 102 Å². The van der Waals surface area contributed by atoms with E-state index in [4.69, 9.17) is 0 Å². The van der Waals surface area contributed by atoms with Crippen molar-refractivity contribution in [3.8, 4) is 0 Å². The molecule has 0 aliphatic rings. The van der Waals surface area contributed by atoms with E-state index in [0.29, 0.717) is 5.33 Å². The van der Waals surface area contributed by atoms with Gasteiger partial charge in [-0.1, -0.05) is 15.9 Å². The molecule has 0 saturated heterocycles.